The summed E-state index contributed by atoms with van der Waals surface area (Å²) in [6.45, 7) is 9.56. The second-order valence-corrected chi connectivity index (χ2v) is 6.48. The van der Waals surface area contributed by atoms with E-state index >= 15 is 0 Å². The molecule has 3 heteroatoms. The molecule has 0 aromatic rings. The minimum absolute atomic E-state index is 0.224. The highest BCUT2D eigenvalue weighted by molar-refractivity contribution is 5.75. The first kappa shape index (κ1) is 13.6. The van der Waals surface area contributed by atoms with E-state index in [1.807, 2.05) is 26.8 Å². The summed E-state index contributed by atoms with van der Waals surface area (Å²) in [7, 11) is 0. The fourth-order valence-electron chi connectivity index (χ4n) is 3.11. The van der Waals surface area contributed by atoms with Crippen molar-refractivity contribution in [3.63, 3.8) is 0 Å². The molecular formula is C15H24O3. The molecule has 0 bridgehead atoms. The number of rotatable bonds is 2. The summed E-state index contributed by atoms with van der Waals surface area (Å²) in [5.41, 5.74) is -0.727. The summed E-state index contributed by atoms with van der Waals surface area (Å²) in [6, 6.07) is 0. The van der Waals surface area contributed by atoms with Gasteiger partial charge < -0.3 is 9.47 Å². The molecule has 2 fully saturated rings. The van der Waals surface area contributed by atoms with Crippen molar-refractivity contribution in [1.82, 2.24) is 0 Å². The maximum atomic E-state index is 12.1. The molecule has 1 saturated heterocycles. The zero-order valence-corrected chi connectivity index (χ0v) is 11.7. The molecule has 1 aliphatic carbocycles. The number of carbonyl (C=O) groups excluding carboxylic acids is 1. The van der Waals surface area contributed by atoms with Crippen LogP contribution in [0.25, 0.3) is 0 Å². The molecular weight excluding hydrogens is 228 g/mol. The second-order valence-electron chi connectivity index (χ2n) is 6.48. The van der Waals surface area contributed by atoms with E-state index in [1.54, 1.807) is 0 Å². The van der Waals surface area contributed by atoms with Crippen molar-refractivity contribution in [2.45, 2.75) is 70.2 Å². The maximum absolute atomic E-state index is 12.1. The molecule has 102 valence electrons. The van der Waals surface area contributed by atoms with E-state index in [4.69, 9.17) is 9.47 Å². The standard InChI is InChI=1S/C15H24O3/c1-5-15-9-7-6-8-11(15)10-12(17-15)13(16)18-14(2,3)4/h5,11-12H,1,6-10H2,2-4H3/t11-,12?,15-/m1/s1. The van der Waals surface area contributed by atoms with Gasteiger partial charge in [-0.05, 0) is 46.0 Å². The van der Waals surface area contributed by atoms with Crippen LogP contribution in [0.15, 0.2) is 12.7 Å². The lowest BCUT2D eigenvalue weighted by molar-refractivity contribution is -0.171. The summed E-state index contributed by atoms with van der Waals surface area (Å²) < 4.78 is 11.4. The van der Waals surface area contributed by atoms with Crippen molar-refractivity contribution in [1.29, 1.82) is 0 Å². The van der Waals surface area contributed by atoms with E-state index in [0.717, 1.165) is 25.7 Å². The quantitative estimate of drug-likeness (QED) is 0.559. The zero-order valence-electron chi connectivity index (χ0n) is 11.7. The van der Waals surface area contributed by atoms with Crippen LogP contribution in [0.2, 0.25) is 0 Å². The van der Waals surface area contributed by atoms with Crippen LogP contribution in [0.4, 0.5) is 0 Å². The van der Waals surface area contributed by atoms with E-state index in [-0.39, 0.29) is 11.6 Å². The Kier molecular flexibility index (Phi) is 3.54. The Balaban J connectivity index is 2.06. The Morgan fingerprint density at radius 3 is 2.72 bits per heavy atom. The van der Waals surface area contributed by atoms with Crippen molar-refractivity contribution in [2.24, 2.45) is 5.92 Å². The van der Waals surface area contributed by atoms with Crippen molar-refractivity contribution >= 4 is 5.97 Å². The van der Waals surface area contributed by atoms with Gasteiger partial charge in [-0.2, -0.15) is 0 Å². The van der Waals surface area contributed by atoms with Crippen molar-refractivity contribution in [3.8, 4) is 0 Å². The van der Waals surface area contributed by atoms with Gasteiger partial charge in [-0.25, -0.2) is 4.79 Å². The summed E-state index contributed by atoms with van der Waals surface area (Å²) >= 11 is 0. The lowest BCUT2D eigenvalue weighted by Crippen LogP contribution is -2.37. The first-order valence-corrected chi connectivity index (χ1v) is 6.90. The number of hydrogen-bond donors (Lipinski definition) is 0. The van der Waals surface area contributed by atoms with Crippen molar-refractivity contribution < 1.29 is 14.3 Å². The predicted molar refractivity (Wildman–Crippen MR) is 70.2 cm³/mol. The van der Waals surface area contributed by atoms with Crippen LogP contribution < -0.4 is 0 Å². The minimum Gasteiger partial charge on any atom is -0.458 e. The summed E-state index contributed by atoms with van der Waals surface area (Å²) in [5, 5.41) is 0. The van der Waals surface area contributed by atoms with Gasteiger partial charge in [-0.15, -0.1) is 6.58 Å². The van der Waals surface area contributed by atoms with Gasteiger partial charge in [0, 0.05) is 0 Å². The third-order valence-electron chi connectivity index (χ3n) is 3.94. The molecule has 18 heavy (non-hydrogen) atoms. The topological polar surface area (TPSA) is 35.5 Å². The Morgan fingerprint density at radius 2 is 2.17 bits per heavy atom. The summed E-state index contributed by atoms with van der Waals surface area (Å²) in [6.07, 6.45) is 6.77. The average molecular weight is 252 g/mol. The van der Waals surface area contributed by atoms with Gasteiger partial charge >= 0.3 is 5.97 Å². The highest BCUT2D eigenvalue weighted by atomic mass is 16.6. The highest BCUT2D eigenvalue weighted by Gasteiger charge is 2.50. The molecule has 2 aliphatic rings. The maximum Gasteiger partial charge on any atom is 0.335 e. The van der Waals surface area contributed by atoms with Crippen LogP contribution in [-0.2, 0) is 14.3 Å². The lowest BCUT2D eigenvalue weighted by atomic mass is 9.75. The van der Waals surface area contributed by atoms with E-state index in [9.17, 15) is 4.79 Å². The van der Waals surface area contributed by atoms with Crippen LogP contribution in [0.1, 0.15) is 52.9 Å². The second kappa shape index (κ2) is 4.69. The predicted octanol–water partition coefficient (Wildman–Crippen LogP) is 3.23. The van der Waals surface area contributed by atoms with E-state index in [2.05, 4.69) is 6.58 Å². The largest absolute Gasteiger partial charge is 0.458 e. The monoisotopic (exact) mass is 252 g/mol. The number of fused-ring (bicyclic) bond motifs is 1. The van der Waals surface area contributed by atoms with Gasteiger partial charge in [-0.1, -0.05) is 18.9 Å². The molecule has 0 aromatic carbocycles. The lowest BCUT2D eigenvalue weighted by Gasteiger charge is -2.35. The van der Waals surface area contributed by atoms with Gasteiger partial charge in [0.15, 0.2) is 6.10 Å². The first-order valence-electron chi connectivity index (χ1n) is 6.90. The molecule has 0 amide bonds. The van der Waals surface area contributed by atoms with Crippen LogP contribution in [-0.4, -0.2) is 23.3 Å². The number of carbonyl (C=O) groups is 1. The Bertz CT molecular complexity index is 342. The highest BCUT2D eigenvalue weighted by Crippen LogP contribution is 2.47. The fourth-order valence-corrected chi connectivity index (χ4v) is 3.11. The van der Waals surface area contributed by atoms with Crippen LogP contribution in [0.3, 0.4) is 0 Å². The molecule has 0 spiro atoms. The molecule has 1 aliphatic heterocycles. The third-order valence-corrected chi connectivity index (χ3v) is 3.94. The van der Waals surface area contributed by atoms with Crippen LogP contribution in [0.5, 0.6) is 0 Å². The normalized spacial score (nSPS) is 35.9. The Labute approximate surface area is 110 Å². The van der Waals surface area contributed by atoms with Crippen LogP contribution in [0, 0.1) is 5.92 Å². The molecule has 3 atom stereocenters. The number of ether oxygens (including phenoxy) is 2. The average Bonchev–Trinajstić information content (AvgIpc) is 2.66. The van der Waals surface area contributed by atoms with E-state index in [1.165, 1.54) is 6.42 Å². The minimum atomic E-state index is -0.449. The molecule has 1 heterocycles. The van der Waals surface area contributed by atoms with E-state index < -0.39 is 11.7 Å². The summed E-state index contributed by atoms with van der Waals surface area (Å²) in [5.74, 6) is 0.208. The van der Waals surface area contributed by atoms with Gasteiger partial charge in [0.1, 0.15) is 5.60 Å². The van der Waals surface area contributed by atoms with E-state index in [0.29, 0.717) is 5.92 Å². The fraction of sp³-hybridized carbons (Fsp3) is 0.800. The Morgan fingerprint density at radius 1 is 1.44 bits per heavy atom. The van der Waals surface area contributed by atoms with Crippen molar-refractivity contribution in [3.05, 3.63) is 12.7 Å². The van der Waals surface area contributed by atoms with Gasteiger partial charge in [0.05, 0.1) is 5.60 Å². The molecule has 2 rings (SSSR count). The SMILES string of the molecule is C=C[C@@]12CCCC[C@@H]1CC(C(=O)OC(C)(C)C)O2. The first-order chi connectivity index (χ1) is 8.36. The zero-order chi connectivity index (χ0) is 13.4. The Hall–Kier alpha value is -0.830. The van der Waals surface area contributed by atoms with Gasteiger partial charge in [0.2, 0.25) is 0 Å². The van der Waals surface area contributed by atoms with Crippen molar-refractivity contribution in [2.75, 3.05) is 0 Å². The molecule has 0 radical (unpaired) electrons. The van der Waals surface area contributed by atoms with Crippen LogP contribution >= 0.6 is 0 Å². The van der Waals surface area contributed by atoms with Gasteiger partial charge in [-0.3, -0.25) is 0 Å². The molecule has 0 aromatic heterocycles. The number of esters is 1. The molecule has 0 N–H and O–H groups in total. The third kappa shape index (κ3) is 2.61. The summed E-state index contributed by atoms with van der Waals surface area (Å²) in [4.78, 5) is 12.1. The molecule has 1 saturated carbocycles. The smallest absolute Gasteiger partial charge is 0.335 e. The number of hydrogen-bond acceptors (Lipinski definition) is 3. The molecule has 3 nitrogen and oxygen atoms in total. The molecule has 1 unspecified atom stereocenters. The van der Waals surface area contributed by atoms with Gasteiger partial charge in [0.25, 0.3) is 0 Å².